The van der Waals surface area contributed by atoms with E-state index in [2.05, 4.69) is 16.0 Å². The summed E-state index contributed by atoms with van der Waals surface area (Å²) in [5.41, 5.74) is 4.38. The van der Waals surface area contributed by atoms with Crippen LogP contribution in [0.2, 0.25) is 0 Å². The van der Waals surface area contributed by atoms with Crippen LogP contribution in [0.25, 0.3) is 11.1 Å². The molecule has 4 rings (SSSR count). The van der Waals surface area contributed by atoms with Gasteiger partial charge in [-0.05, 0) is 35.1 Å². The molecule has 0 saturated heterocycles. The molecule has 0 aliphatic heterocycles. The van der Waals surface area contributed by atoms with Crippen molar-refractivity contribution in [2.45, 2.75) is 31.5 Å². The van der Waals surface area contributed by atoms with E-state index in [1.807, 2.05) is 42.5 Å². The summed E-state index contributed by atoms with van der Waals surface area (Å²) >= 11 is 0. The van der Waals surface area contributed by atoms with Crippen molar-refractivity contribution >= 4 is 5.97 Å². The van der Waals surface area contributed by atoms with Gasteiger partial charge < -0.3 is 9.84 Å². The summed E-state index contributed by atoms with van der Waals surface area (Å²) in [6.07, 6.45) is 6.42. The Hall–Kier alpha value is -3.05. The summed E-state index contributed by atoms with van der Waals surface area (Å²) in [6, 6.07) is 16.0. The Labute approximate surface area is 157 Å². The fraction of sp³-hybridized carbons (Fsp3) is 0.227. The SMILES string of the molecule is O=C(O)C1(c2ccc(-c3ccccc3COCc3cncnc3)cc2)CC1. The lowest BCUT2D eigenvalue weighted by molar-refractivity contribution is -0.140. The Balaban J connectivity index is 1.50. The van der Waals surface area contributed by atoms with E-state index in [1.54, 1.807) is 12.4 Å². The number of ether oxygens (including phenoxy) is 1. The third-order valence-electron chi connectivity index (χ3n) is 5.07. The van der Waals surface area contributed by atoms with E-state index in [0.717, 1.165) is 40.7 Å². The van der Waals surface area contributed by atoms with Crippen LogP contribution in [-0.4, -0.2) is 21.0 Å². The van der Waals surface area contributed by atoms with Gasteiger partial charge in [0.15, 0.2) is 0 Å². The van der Waals surface area contributed by atoms with Crippen molar-refractivity contribution in [3.05, 3.63) is 83.9 Å². The van der Waals surface area contributed by atoms with Gasteiger partial charge in [0, 0.05) is 18.0 Å². The molecule has 1 heterocycles. The highest BCUT2D eigenvalue weighted by atomic mass is 16.5. The van der Waals surface area contributed by atoms with Gasteiger partial charge in [-0.15, -0.1) is 0 Å². The normalized spacial score (nSPS) is 14.7. The Morgan fingerprint density at radius 2 is 1.70 bits per heavy atom. The molecule has 5 nitrogen and oxygen atoms in total. The largest absolute Gasteiger partial charge is 0.481 e. The minimum absolute atomic E-state index is 0.454. The molecule has 1 N–H and O–H groups in total. The zero-order chi connectivity index (χ0) is 18.7. The molecule has 1 saturated carbocycles. The van der Waals surface area contributed by atoms with E-state index in [4.69, 9.17) is 4.74 Å². The third kappa shape index (κ3) is 3.59. The maximum atomic E-state index is 11.5. The molecular weight excluding hydrogens is 340 g/mol. The number of aliphatic carboxylic acids is 1. The summed E-state index contributed by atoms with van der Waals surface area (Å²) in [5, 5.41) is 9.45. The van der Waals surface area contributed by atoms with Crippen molar-refractivity contribution in [3.63, 3.8) is 0 Å². The summed E-state index contributed by atoms with van der Waals surface area (Å²) in [7, 11) is 0. The second kappa shape index (κ2) is 7.29. The van der Waals surface area contributed by atoms with Gasteiger partial charge in [0.1, 0.15) is 6.33 Å². The lowest BCUT2D eigenvalue weighted by atomic mass is 9.93. The van der Waals surface area contributed by atoms with E-state index in [9.17, 15) is 9.90 Å². The molecule has 0 radical (unpaired) electrons. The molecule has 136 valence electrons. The minimum atomic E-state index is -0.728. The third-order valence-corrected chi connectivity index (χ3v) is 5.07. The van der Waals surface area contributed by atoms with Gasteiger partial charge in [-0.1, -0.05) is 48.5 Å². The predicted octanol–water partition coefficient (Wildman–Crippen LogP) is 3.98. The maximum Gasteiger partial charge on any atom is 0.314 e. The summed E-state index contributed by atoms with van der Waals surface area (Å²) in [4.78, 5) is 19.5. The van der Waals surface area contributed by atoms with Crippen LogP contribution >= 0.6 is 0 Å². The summed E-state index contributed by atoms with van der Waals surface area (Å²) in [6.45, 7) is 0.932. The van der Waals surface area contributed by atoms with E-state index in [-0.39, 0.29) is 0 Å². The fourth-order valence-electron chi connectivity index (χ4n) is 3.33. The minimum Gasteiger partial charge on any atom is -0.481 e. The highest BCUT2D eigenvalue weighted by Crippen LogP contribution is 2.48. The number of nitrogens with zero attached hydrogens (tertiary/aromatic N) is 2. The molecule has 0 spiro atoms. The van der Waals surface area contributed by atoms with Crippen molar-refractivity contribution in [3.8, 4) is 11.1 Å². The second-order valence-electron chi connectivity index (χ2n) is 6.86. The molecule has 27 heavy (non-hydrogen) atoms. The Kier molecular flexibility index (Phi) is 4.69. The Morgan fingerprint density at radius 1 is 1.00 bits per heavy atom. The van der Waals surface area contributed by atoms with Gasteiger partial charge in [0.05, 0.1) is 18.6 Å². The smallest absolute Gasteiger partial charge is 0.314 e. The van der Waals surface area contributed by atoms with Gasteiger partial charge in [-0.2, -0.15) is 0 Å². The predicted molar refractivity (Wildman–Crippen MR) is 101 cm³/mol. The van der Waals surface area contributed by atoms with Gasteiger partial charge in [0.2, 0.25) is 0 Å². The molecule has 0 bridgehead atoms. The molecule has 0 atom stereocenters. The lowest BCUT2D eigenvalue weighted by Crippen LogP contribution is -2.19. The highest BCUT2D eigenvalue weighted by molar-refractivity contribution is 5.85. The van der Waals surface area contributed by atoms with Crippen LogP contribution in [0.1, 0.15) is 29.5 Å². The van der Waals surface area contributed by atoms with Gasteiger partial charge in [-0.3, -0.25) is 4.79 Å². The lowest BCUT2D eigenvalue weighted by Gasteiger charge is -2.13. The number of rotatable bonds is 7. The first-order valence-electron chi connectivity index (χ1n) is 8.93. The number of aromatic nitrogens is 2. The molecule has 2 aromatic carbocycles. The fourth-order valence-corrected chi connectivity index (χ4v) is 3.33. The average Bonchev–Trinajstić information content (AvgIpc) is 3.52. The Morgan fingerprint density at radius 3 is 2.37 bits per heavy atom. The van der Waals surface area contributed by atoms with Crippen molar-refractivity contribution in [1.82, 2.24) is 9.97 Å². The number of benzene rings is 2. The van der Waals surface area contributed by atoms with Crippen molar-refractivity contribution in [2.24, 2.45) is 0 Å². The Bertz CT molecular complexity index is 935. The molecule has 3 aromatic rings. The molecule has 5 heteroatoms. The number of carboxylic acids is 1. The van der Waals surface area contributed by atoms with E-state index in [1.165, 1.54) is 6.33 Å². The zero-order valence-corrected chi connectivity index (χ0v) is 14.8. The van der Waals surface area contributed by atoms with Gasteiger partial charge >= 0.3 is 5.97 Å². The highest BCUT2D eigenvalue weighted by Gasteiger charge is 2.51. The first kappa shape index (κ1) is 17.4. The summed E-state index contributed by atoms with van der Waals surface area (Å²) < 4.78 is 5.83. The number of carboxylic acid groups (broad SMARTS) is 1. The quantitative estimate of drug-likeness (QED) is 0.690. The first-order chi connectivity index (χ1) is 13.2. The van der Waals surface area contributed by atoms with E-state index >= 15 is 0 Å². The van der Waals surface area contributed by atoms with Crippen LogP contribution in [0.5, 0.6) is 0 Å². The van der Waals surface area contributed by atoms with Gasteiger partial charge in [-0.25, -0.2) is 9.97 Å². The number of carbonyl (C=O) groups is 1. The zero-order valence-electron chi connectivity index (χ0n) is 14.8. The van der Waals surface area contributed by atoms with E-state index in [0.29, 0.717) is 13.2 Å². The van der Waals surface area contributed by atoms with Crippen LogP contribution in [0, 0.1) is 0 Å². The van der Waals surface area contributed by atoms with Crippen molar-refractivity contribution in [1.29, 1.82) is 0 Å². The maximum absolute atomic E-state index is 11.5. The number of hydrogen-bond acceptors (Lipinski definition) is 4. The number of hydrogen-bond donors (Lipinski definition) is 1. The average molecular weight is 360 g/mol. The first-order valence-corrected chi connectivity index (χ1v) is 8.93. The van der Waals surface area contributed by atoms with Crippen molar-refractivity contribution < 1.29 is 14.6 Å². The van der Waals surface area contributed by atoms with E-state index < -0.39 is 11.4 Å². The molecule has 1 aliphatic carbocycles. The van der Waals surface area contributed by atoms with Crippen LogP contribution in [0.15, 0.2) is 67.3 Å². The monoisotopic (exact) mass is 360 g/mol. The molecule has 0 amide bonds. The molecular formula is C22H20N2O3. The van der Waals surface area contributed by atoms with Crippen LogP contribution in [-0.2, 0) is 28.2 Å². The second-order valence-corrected chi connectivity index (χ2v) is 6.86. The van der Waals surface area contributed by atoms with Crippen LogP contribution in [0.3, 0.4) is 0 Å². The molecule has 1 fully saturated rings. The van der Waals surface area contributed by atoms with Crippen LogP contribution < -0.4 is 0 Å². The molecule has 1 aromatic heterocycles. The molecule has 0 unspecified atom stereocenters. The molecule has 1 aliphatic rings. The topological polar surface area (TPSA) is 72.3 Å². The standard InChI is InChI=1S/C22H20N2O3/c25-21(26)22(9-10-22)19-7-5-17(6-8-19)20-4-2-1-3-18(20)14-27-13-16-11-23-15-24-12-16/h1-8,11-12,15H,9-10,13-14H2,(H,25,26). The van der Waals surface area contributed by atoms with Gasteiger partial charge in [0.25, 0.3) is 0 Å². The van der Waals surface area contributed by atoms with Crippen molar-refractivity contribution in [2.75, 3.05) is 0 Å². The van der Waals surface area contributed by atoms with Crippen LogP contribution in [0.4, 0.5) is 0 Å². The summed E-state index contributed by atoms with van der Waals surface area (Å²) in [5.74, 6) is -0.728.